The van der Waals surface area contributed by atoms with E-state index < -0.39 is 5.91 Å². The van der Waals surface area contributed by atoms with Gasteiger partial charge in [-0.1, -0.05) is 30.3 Å². The number of pyridine rings is 1. The number of carbonyl (C=O) groups excluding carboxylic acids is 3. The minimum atomic E-state index is -0.502. The minimum Gasteiger partial charge on any atom is -0.384 e. The van der Waals surface area contributed by atoms with E-state index in [9.17, 15) is 14.4 Å². The molecule has 3 heterocycles. The summed E-state index contributed by atoms with van der Waals surface area (Å²) in [5, 5.41) is 6.55. The molecule has 2 aliphatic heterocycles. The van der Waals surface area contributed by atoms with Crippen molar-refractivity contribution < 1.29 is 14.4 Å². The Morgan fingerprint density at radius 3 is 2.29 bits per heavy atom. The Morgan fingerprint density at radius 1 is 0.902 bits per heavy atom. The predicted molar refractivity (Wildman–Crippen MR) is 159 cm³/mol. The molecule has 8 nitrogen and oxygen atoms in total. The number of amides is 2. The van der Waals surface area contributed by atoms with Crippen LogP contribution >= 0.6 is 0 Å². The summed E-state index contributed by atoms with van der Waals surface area (Å²) in [7, 11) is 0. The molecule has 0 spiro atoms. The van der Waals surface area contributed by atoms with Crippen LogP contribution in [0.25, 0.3) is 0 Å². The molecule has 2 saturated heterocycles. The number of hydrogen-bond acceptors (Lipinski definition) is 6. The molecule has 2 amide bonds. The molecular weight excluding hydrogens is 514 g/mol. The first-order valence-corrected chi connectivity index (χ1v) is 14.7. The van der Waals surface area contributed by atoms with E-state index >= 15 is 0 Å². The third kappa shape index (κ3) is 6.26. The van der Waals surface area contributed by atoms with Crippen molar-refractivity contribution in [3.05, 3.63) is 89.1 Å². The van der Waals surface area contributed by atoms with Crippen LogP contribution in [-0.4, -0.2) is 47.3 Å². The highest BCUT2D eigenvalue weighted by Crippen LogP contribution is 2.39. The van der Waals surface area contributed by atoms with Gasteiger partial charge >= 0.3 is 0 Å². The molecule has 4 N–H and O–H groups in total. The summed E-state index contributed by atoms with van der Waals surface area (Å²) in [6.07, 6.45) is 9.06. The van der Waals surface area contributed by atoms with E-state index in [4.69, 9.17) is 10.7 Å². The molecule has 41 heavy (non-hydrogen) atoms. The van der Waals surface area contributed by atoms with Crippen LogP contribution in [0.3, 0.4) is 0 Å². The molecule has 8 heteroatoms. The zero-order valence-corrected chi connectivity index (χ0v) is 23.2. The average Bonchev–Trinajstić information content (AvgIpc) is 3.78. The number of nitrogens with zero attached hydrogens (tertiary/aromatic N) is 2. The highest BCUT2D eigenvalue weighted by molar-refractivity contribution is 6.02. The monoisotopic (exact) mass is 551 g/mol. The normalized spacial score (nSPS) is 21.4. The van der Waals surface area contributed by atoms with Crippen molar-refractivity contribution in [1.82, 2.24) is 10.3 Å². The first-order valence-electron chi connectivity index (χ1n) is 14.7. The Balaban J connectivity index is 1.06. The summed E-state index contributed by atoms with van der Waals surface area (Å²) in [5.41, 5.74) is 8.92. The van der Waals surface area contributed by atoms with Gasteiger partial charge in [0.2, 0.25) is 0 Å². The number of hydrogen-bond donors (Lipinski definition) is 3. The lowest BCUT2D eigenvalue weighted by molar-refractivity contribution is 0.0924. The number of nitrogens with one attached hydrogen (secondary N) is 2. The van der Waals surface area contributed by atoms with E-state index in [-0.39, 0.29) is 17.7 Å². The highest BCUT2D eigenvalue weighted by atomic mass is 16.2. The summed E-state index contributed by atoms with van der Waals surface area (Å²) < 4.78 is 0. The van der Waals surface area contributed by atoms with Crippen molar-refractivity contribution in [3.8, 4) is 0 Å². The van der Waals surface area contributed by atoms with Crippen molar-refractivity contribution in [2.75, 3.05) is 16.8 Å². The van der Waals surface area contributed by atoms with Crippen molar-refractivity contribution in [3.63, 3.8) is 0 Å². The molecule has 1 aromatic heterocycles. The molecule has 1 unspecified atom stereocenters. The fourth-order valence-electron chi connectivity index (χ4n) is 6.31. The number of carbonyl (C=O) groups is 3. The number of aromatic nitrogens is 1. The van der Waals surface area contributed by atoms with Gasteiger partial charge in [0.25, 0.3) is 11.8 Å². The number of ketones is 1. The Morgan fingerprint density at radius 2 is 1.63 bits per heavy atom. The van der Waals surface area contributed by atoms with Gasteiger partial charge in [-0.05, 0) is 86.8 Å². The molecule has 3 aromatic rings. The van der Waals surface area contributed by atoms with Crippen LogP contribution in [0.15, 0.2) is 66.9 Å². The van der Waals surface area contributed by atoms with Gasteiger partial charge in [0, 0.05) is 54.1 Å². The molecular formula is C33H37N5O3. The summed E-state index contributed by atoms with van der Waals surface area (Å²) in [6.45, 7) is 0.782. The second-order valence-corrected chi connectivity index (χ2v) is 11.7. The number of fused-ring (bicyclic) bond motifs is 2. The van der Waals surface area contributed by atoms with Gasteiger partial charge in [-0.15, -0.1) is 0 Å². The molecule has 1 aliphatic carbocycles. The topological polar surface area (TPSA) is 117 Å². The maximum atomic E-state index is 13.2. The zero-order chi connectivity index (χ0) is 28.3. The second kappa shape index (κ2) is 11.7. The SMILES string of the molecule is NC(=O)c1ccc(C(=O)NC2C[C@H]3CC[C@@H](C2)N3c2ccc(C(=O)CCc3ccccc3)cn2)cc1NCC1CC1. The largest absolute Gasteiger partial charge is 0.384 e. The van der Waals surface area contributed by atoms with Gasteiger partial charge in [0.1, 0.15) is 5.82 Å². The average molecular weight is 552 g/mol. The second-order valence-electron chi connectivity index (χ2n) is 11.7. The molecule has 6 rings (SSSR count). The third-order valence-corrected chi connectivity index (χ3v) is 8.71. The number of primary amides is 1. The number of aryl methyl sites for hydroxylation is 1. The van der Waals surface area contributed by atoms with Crippen LogP contribution in [0.4, 0.5) is 11.5 Å². The smallest absolute Gasteiger partial charge is 0.251 e. The number of piperidine rings is 1. The molecule has 2 bridgehead atoms. The molecule has 2 aromatic carbocycles. The Labute approximate surface area is 240 Å². The number of rotatable bonds is 11. The molecule has 3 atom stereocenters. The van der Waals surface area contributed by atoms with Gasteiger partial charge < -0.3 is 21.3 Å². The van der Waals surface area contributed by atoms with Crippen LogP contribution in [-0.2, 0) is 6.42 Å². The summed E-state index contributed by atoms with van der Waals surface area (Å²) in [6, 6.07) is 19.6. The summed E-state index contributed by atoms with van der Waals surface area (Å²) in [4.78, 5) is 44.9. The molecule has 3 fully saturated rings. The van der Waals surface area contributed by atoms with Crippen LogP contribution < -0.4 is 21.3 Å². The predicted octanol–water partition coefficient (Wildman–Crippen LogP) is 4.75. The van der Waals surface area contributed by atoms with Gasteiger partial charge in [-0.3, -0.25) is 14.4 Å². The number of benzene rings is 2. The van der Waals surface area contributed by atoms with Gasteiger partial charge in [-0.25, -0.2) is 4.98 Å². The van der Waals surface area contributed by atoms with Crippen LogP contribution in [0.5, 0.6) is 0 Å². The van der Waals surface area contributed by atoms with E-state index in [1.165, 1.54) is 12.8 Å². The number of Topliss-reactive ketones (excluding diaryl/α,β-unsaturated/α-hetero) is 1. The quantitative estimate of drug-likeness (QED) is 0.296. The highest BCUT2D eigenvalue weighted by Gasteiger charge is 2.42. The molecule has 1 saturated carbocycles. The lowest BCUT2D eigenvalue weighted by Crippen LogP contribution is -2.50. The Bertz CT molecular complexity index is 1410. The van der Waals surface area contributed by atoms with Crippen molar-refractivity contribution in [2.24, 2.45) is 11.7 Å². The van der Waals surface area contributed by atoms with E-state index in [1.54, 1.807) is 24.4 Å². The third-order valence-electron chi connectivity index (χ3n) is 8.71. The van der Waals surface area contributed by atoms with E-state index in [1.807, 2.05) is 42.5 Å². The van der Waals surface area contributed by atoms with Gasteiger partial charge in [0.15, 0.2) is 5.78 Å². The zero-order valence-electron chi connectivity index (χ0n) is 23.2. The molecule has 3 aliphatic rings. The first kappa shape index (κ1) is 27.0. The van der Waals surface area contributed by atoms with Gasteiger partial charge in [-0.2, -0.15) is 0 Å². The fourth-order valence-corrected chi connectivity index (χ4v) is 6.31. The minimum absolute atomic E-state index is 0.0637. The number of anilines is 2. The van der Waals surface area contributed by atoms with Crippen molar-refractivity contribution in [1.29, 1.82) is 0 Å². The van der Waals surface area contributed by atoms with Crippen molar-refractivity contribution >= 4 is 29.1 Å². The van der Waals surface area contributed by atoms with E-state index in [2.05, 4.69) is 15.5 Å². The van der Waals surface area contributed by atoms with Gasteiger partial charge in [0.05, 0.1) is 5.56 Å². The summed E-state index contributed by atoms with van der Waals surface area (Å²) in [5.74, 6) is 0.990. The van der Waals surface area contributed by atoms with E-state index in [0.29, 0.717) is 46.8 Å². The van der Waals surface area contributed by atoms with Crippen LogP contribution in [0.1, 0.15) is 81.6 Å². The molecule has 212 valence electrons. The number of nitrogens with two attached hydrogens (primary N) is 1. The maximum absolute atomic E-state index is 13.2. The Kier molecular flexibility index (Phi) is 7.72. The molecule has 0 radical (unpaired) electrons. The maximum Gasteiger partial charge on any atom is 0.251 e. The standard InChI is InChI=1S/C33H37N5O3/c34-32(40)28-13-9-23(16-29(28)35-19-22-6-7-22)33(41)37-25-17-26-11-12-27(18-25)38(26)31-15-10-24(20-36-31)30(39)14-8-21-4-2-1-3-5-21/h1-5,9-10,13,15-16,20,22,25-27,35H,6-8,11-12,14,17-19H2,(H2,34,40)(H,37,41)/t25?,26-,27+. The summed E-state index contributed by atoms with van der Waals surface area (Å²) >= 11 is 0. The van der Waals surface area contributed by atoms with Crippen LogP contribution in [0, 0.1) is 5.92 Å². The first-order chi connectivity index (χ1) is 19.9. The fraction of sp³-hybridized carbons (Fsp3) is 0.394. The van der Waals surface area contributed by atoms with Crippen molar-refractivity contribution in [2.45, 2.75) is 69.5 Å². The lowest BCUT2D eigenvalue weighted by Gasteiger charge is -2.40. The van der Waals surface area contributed by atoms with E-state index in [0.717, 1.165) is 50.0 Å². The Hall–Kier alpha value is -4.20. The van der Waals surface area contributed by atoms with Crippen LogP contribution in [0.2, 0.25) is 0 Å². The lowest BCUT2D eigenvalue weighted by atomic mass is 9.96.